The van der Waals surface area contributed by atoms with E-state index in [1.165, 1.54) is 12.1 Å². The smallest absolute Gasteiger partial charge is 0.400 e. The average molecular weight is 269 g/mol. The molecular formula is C15H11NO4. The van der Waals surface area contributed by atoms with Crippen molar-refractivity contribution in [1.29, 1.82) is 0 Å². The predicted molar refractivity (Wildman–Crippen MR) is 72.2 cm³/mol. The molecule has 0 saturated heterocycles. The normalized spacial score (nSPS) is 10.7. The van der Waals surface area contributed by atoms with Gasteiger partial charge in [-0.05, 0) is 42.8 Å². The van der Waals surface area contributed by atoms with E-state index in [4.69, 9.17) is 14.3 Å². The van der Waals surface area contributed by atoms with Crippen LogP contribution in [0.4, 0.5) is 0 Å². The Morgan fingerprint density at radius 3 is 2.85 bits per heavy atom. The quantitative estimate of drug-likeness (QED) is 0.786. The molecule has 0 spiro atoms. The molecule has 20 heavy (non-hydrogen) atoms. The summed E-state index contributed by atoms with van der Waals surface area (Å²) in [7, 11) is 0. The van der Waals surface area contributed by atoms with E-state index >= 15 is 0 Å². The third kappa shape index (κ3) is 2.33. The average Bonchev–Trinajstić information content (AvgIpc) is 2.79. The lowest BCUT2D eigenvalue weighted by Gasteiger charge is -2.00. The Bertz CT molecular complexity index is 791. The van der Waals surface area contributed by atoms with E-state index in [-0.39, 0.29) is 11.6 Å². The van der Waals surface area contributed by atoms with Crippen molar-refractivity contribution in [2.45, 2.75) is 6.92 Å². The summed E-state index contributed by atoms with van der Waals surface area (Å²) >= 11 is 0. The van der Waals surface area contributed by atoms with Gasteiger partial charge in [0.2, 0.25) is 0 Å². The highest BCUT2D eigenvalue weighted by Crippen LogP contribution is 2.26. The van der Waals surface area contributed by atoms with Crippen molar-refractivity contribution >= 4 is 17.1 Å². The van der Waals surface area contributed by atoms with Crippen molar-refractivity contribution in [2.24, 2.45) is 0 Å². The zero-order chi connectivity index (χ0) is 14.1. The number of carboxylic acids is 1. The maximum Gasteiger partial charge on any atom is 0.400 e. The van der Waals surface area contributed by atoms with Crippen LogP contribution in [0.1, 0.15) is 15.9 Å². The maximum absolute atomic E-state index is 10.9. The van der Waals surface area contributed by atoms with Crippen molar-refractivity contribution in [2.75, 3.05) is 0 Å². The first-order valence-corrected chi connectivity index (χ1v) is 6.00. The Balaban J connectivity index is 1.95. The molecule has 0 radical (unpaired) electrons. The number of hydrogen-bond donors (Lipinski definition) is 1. The lowest BCUT2D eigenvalue weighted by molar-refractivity contribution is 0.0697. The highest BCUT2D eigenvalue weighted by atomic mass is 16.6. The molecule has 5 nitrogen and oxygen atoms in total. The number of fused-ring (bicyclic) bond motifs is 1. The minimum Gasteiger partial charge on any atom is -0.478 e. The maximum atomic E-state index is 10.9. The zero-order valence-corrected chi connectivity index (χ0v) is 10.7. The fourth-order valence-electron chi connectivity index (χ4n) is 1.86. The Labute approximate surface area is 114 Å². The number of oxazole rings is 1. The second-order valence-electron chi connectivity index (χ2n) is 4.39. The molecule has 0 amide bonds. The first kappa shape index (κ1) is 12.2. The molecule has 0 aliphatic heterocycles. The van der Waals surface area contributed by atoms with Gasteiger partial charge in [0, 0.05) is 0 Å². The second kappa shape index (κ2) is 4.70. The van der Waals surface area contributed by atoms with E-state index in [1.54, 1.807) is 12.1 Å². The summed E-state index contributed by atoms with van der Waals surface area (Å²) in [6, 6.07) is 12.0. The Morgan fingerprint density at radius 1 is 1.25 bits per heavy atom. The number of carboxylic acid groups (broad SMARTS) is 1. The van der Waals surface area contributed by atoms with E-state index in [1.807, 2.05) is 25.1 Å². The summed E-state index contributed by atoms with van der Waals surface area (Å²) < 4.78 is 10.9. The standard InChI is InChI=1S/C15H11NO4/c1-9-3-2-4-11(7-9)19-15-16-12-6-5-10(14(17)18)8-13(12)20-15/h2-8H,1H3,(H,17,18). The van der Waals surface area contributed by atoms with E-state index in [0.29, 0.717) is 16.8 Å². The summed E-state index contributed by atoms with van der Waals surface area (Å²) in [5, 5.41) is 8.92. The van der Waals surface area contributed by atoms with Crippen LogP contribution in [0.3, 0.4) is 0 Å². The monoisotopic (exact) mass is 269 g/mol. The number of carbonyl (C=O) groups is 1. The highest BCUT2D eigenvalue weighted by molar-refractivity contribution is 5.91. The van der Waals surface area contributed by atoms with Gasteiger partial charge in [0.05, 0.1) is 5.56 Å². The fourth-order valence-corrected chi connectivity index (χ4v) is 1.86. The van der Waals surface area contributed by atoms with E-state index < -0.39 is 5.97 Å². The topological polar surface area (TPSA) is 72.6 Å². The van der Waals surface area contributed by atoms with Gasteiger partial charge in [0.1, 0.15) is 11.3 Å². The second-order valence-corrected chi connectivity index (χ2v) is 4.39. The molecule has 3 aromatic rings. The molecule has 1 heterocycles. The lowest BCUT2D eigenvalue weighted by Crippen LogP contribution is -1.94. The molecule has 1 N–H and O–H groups in total. The van der Waals surface area contributed by atoms with Gasteiger partial charge >= 0.3 is 12.0 Å². The summed E-state index contributed by atoms with van der Waals surface area (Å²) in [4.78, 5) is 15.0. The van der Waals surface area contributed by atoms with Gasteiger partial charge in [-0.2, -0.15) is 4.98 Å². The number of aryl methyl sites for hydroxylation is 1. The lowest BCUT2D eigenvalue weighted by atomic mass is 10.2. The summed E-state index contributed by atoms with van der Waals surface area (Å²) in [6.45, 7) is 1.96. The Kier molecular flexibility index (Phi) is 2.87. The van der Waals surface area contributed by atoms with E-state index in [9.17, 15) is 4.79 Å². The number of ether oxygens (including phenoxy) is 1. The van der Waals surface area contributed by atoms with E-state index in [2.05, 4.69) is 4.98 Å². The summed E-state index contributed by atoms with van der Waals surface area (Å²) in [5.74, 6) is -0.389. The van der Waals surface area contributed by atoms with Gasteiger partial charge in [0.15, 0.2) is 5.58 Å². The van der Waals surface area contributed by atoms with Crippen LogP contribution in [0.25, 0.3) is 11.1 Å². The minimum absolute atomic E-state index is 0.0909. The Hall–Kier alpha value is -2.82. The zero-order valence-electron chi connectivity index (χ0n) is 10.7. The van der Waals surface area contributed by atoms with Crippen molar-refractivity contribution in [3.05, 3.63) is 53.6 Å². The molecule has 0 saturated carbocycles. The molecule has 0 aliphatic rings. The molecule has 0 unspecified atom stereocenters. The highest BCUT2D eigenvalue weighted by Gasteiger charge is 2.11. The number of nitrogens with zero attached hydrogens (tertiary/aromatic N) is 1. The molecule has 2 aromatic carbocycles. The molecular weight excluding hydrogens is 258 g/mol. The molecule has 3 rings (SSSR count). The van der Waals surface area contributed by atoms with Crippen LogP contribution in [0.2, 0.25) is 0 Å². The summed E-state index contributed by atoms with van der Waals surface area (Å²) in [5.41, 5.74) is 2.15. The predicted octanol–water partition coefficient (Wildman–Crippen LogP) is 3.63. The molecule has 0 fully saturated rings. The van der Waals surface area contributed by atoms with Crippen LogP contribution in [0, 0.1) is 6.92 Å². The molecule has 5 heteroatoms. The van der Waals surface area contributed by atoms with Crippen molar-refractivity contribution in [3.8, 4) is 11.8 Å². The first-order chi connectivity index (χ1) is 9.61. The van der Waals surface area contributed by atoms with Crippen LogP contribution in [-0.2, 0) is 0 Å². The van der Waals surface area contributed by atoms with Crippen LogP contribution < -0.4 is 4.74 Å². The molecule has 1 aromatic heterocycles. The minimum atomic E-state index is -1.01. The summed E-state index contributed by atoms with van der Waals surface area (Å²) in [6.07, 6.45) is 0.0909. The van der Waals surface area contributed by atoms with Gasteiger partial charge in [-0.25, -0.2) is 4.79 Å². The first-order valence-electron chi connectivity index (χ1n) is 6.00. The molecule has 100 valence electrons. The Morgan fingerprint density at radius 2 is 2.10 bits per heavy atom. The van der Waals surface area contributed by atoms with E-state index in [0.717, 1.165) is 5.56 Å². The fraction of sp³-hybridized carbons (Fsp3) is 0.0667. The van der Waals surface area contributed by atoms with Gasteiger partial charge in [0.25, 0.3) is 0 Å². The van der Waals surface area contributed by atoms with Crippen molar-refractivity contribution in [3.63, 3.8) is 0 Å². The van der Waals surface area contributed by atoms with Crippen LogP contribution >= 0.6 is 0 Å². The molecule has 0 atom stereocenters. The third-order valence-corrected chi connectivity index (χ3v) is 2.81. The SMILES string of the molecule is Cc1cccc(Oc2nc3ccc(C(=O)O)cc3o2)c1. The third-order valence-electron chi connectivity index (χ3n) is 2.81. The number of benzene rings is 2. The number of aromatic nitrogens is 1. The number of hydrogen-bond acceptors (Lipinski definition) is 4. The van der Waals surface area contributed by atoms with Crippen LogP contribution in [0.5, 0.6) is 11.8 Å². The number of aromatic carboxylic acids is 1. The largest absolute Gasteiger partial charge is 0.478 e. The van der Waals surface area contributed by atoms with Gasteiger partial charge in [-0.15, -0.1) is 0 Å². The van der Waals surface area contributed by atoms with Crippen LogP contribution in [-0.4, -0.2) is 16.1 Å². The van der Waals surface area contributed by atoms with Gasteiger partial charge < -0.3 is 14.3 Å². The van der Waals surface area contributed by atoms with Gasteiger partial charge in [-0.3, -0.25) is 0 Å². The number of rotatable bonds is 3. The van der Waals surface area contributed by atoms with Gasteiger partial charge in [-0.1, -0.05) is 12.1 Å². The molecule has 0 aliphatic carbocycles. The van der Waals surface area contributed by atoms with Crippen LogP contribution in [0.15, 0.2) is 46.9 Å². The van der Waals surface area contributed by atoms with Crippen molar-refractivity contribution < 1.29 is 19.1 Å². The van der Waals surface area contributed by atoms with Crippen molar-refractivity contribution in [1.82, 2.24) is 4.98 Å². The molecule has 0 bridgehead atoms.